The van der Waals surface area contributed by atoms with Crippen LogP contribution in [0.4, 0.5) is 5.69 Å². The van der Waals surface area contributed by atoms with Gasteiger partial charge in [-0.1, -0.05) is 24.6 Å². The molecule has 0 aliphatic rings. The third-order valence-electron chi connectivity index (χ3n) is 2.23. The van der Waals surface area contributed by atoms with E-state index in [2.05, 4.69) is 19.2 Å². The second-order valence-electron chi connectivity index (χ2n) is 3.53. The van der Waals surface area contributed by atoms with Crippen LogP contribution in [0.5, 0.6) is 0 Å². The van der Waals surface area contributed by atoms with E-state index >= 15 is 0 Å². The SMILES string of the molecule is CCC(C)OCCNc1cccc(Cl)c1. The van der Waals surface area contributed by atoms with E-state index in [0.29, 0.717) is 6.10 Å². The molecule has 1 N–H and O–H groups in total. The van der Waals surface area contributed by atoms with Gasteiger partial charge < -0.3 is 10.1 Å². The third kappa shape index (κ3) is 5.05. The highest BCUT2D eigenvalue weighted by atomic mass is 35.5. The Hall–Kier alpha value is -0.730. The Bertz CT molecular complexity index is 291. The molecule has 0 radical (unpaired) electrons. The summed E-state index contributed by atoms with van der Waals surface area (Å²) in [6, 6.07) is 7.70. The summed E-state index contributed by atoms with van der Waals surface area (Å²) in [5.41, 5.74) is 1.04. The standard InChI is InChI=1S/C12H18ClNO/c1-3-10(2)15-8-7-14-12-6-4-5-11(13)9-12/h4-6,9-10,14H,3,7-8H2,1-2H3. The minimum Gasteiger partial charge on any atom is -0.383 e. The van der Waals surface area contributed by atoms with Crippen molar-refractivity contribution in [2.45, 2.75) is 26.4 Å². The third-order valence-corrected chi connectivity index (χ3v) is 2.47. The van der Waals surface area contributed by atoms with E-state index < -0.39 is 0 Å². The van der Waals surface area contributed by atoms with Crippen LogP contribution in [0.2, 0.25) is 5.02 Å². The van der Waals surface area contributed by atoms with Gasteiger partial charge in [0.25, 0.3) is 0 Å². The van der Waals surface area contributed by atoms with Gasteiger partial charge in [0, 0.05) is 17.3 Å². The predicted octanol–water partition coefficient (Wildman–Crippen LogP) is 3.57. The van der Waals surface area contributed by atoms with Crippen molar-refractivity contribution in [2.24, 2.45) is 0 Å². The summed E-state index contributed by atoms with van der Waals surface area (Å²) in [4.78, 5) is 0. The average Bonchev–Trinajstić information content (AvgIpc) is 2.24. The summed E-state index contributed by atoms with van der Waals surface area (Å²) in [7, 11) is 0. The largest absolute Gasteiger partial charge is 0.383 e. The lowest BCUT2D eigenvalue weighted by Gasteiger charge is -2.11. The van der Waals surface area contributed by atoms with Crippen LogP contribution in [-0.4, -0.2) is 19.3 Å². The minimum atomic E-state index is 0.339. The van der Waals surface area contributed by atoms with Gasteiger partial charge >= 0.3 is 0 Å². The van der Waals surface area contributed by atoms with Crippen LogP contribution in [0.25, 0.3) is 0 Å². The Morgan fingerprint density at radius 2 is 2.27 bits per heavy atom. The molecule has 0 saturated carbocycles. The molecule has 15 heavy (non-hydrogen) atoms. The van der Waals surface area contributed by atoms with Crippen molar-refractivity contribution in [3.8, 4) is 0 Å². The molecule has 0 aliphatic carbocycles. The quantitative estimate of drug-likeness (QED) is 0.751. The Morgan fingerprint density at radius 1 is 1.47 bits per heavy atom. The summed E-state index contributed by atoms with van der Waals surface area (Å²) in [5.74, 6) is 0. The first-order valence-corrected chi connectivity index (χ1v) is 5.71. The van der Waals surface area contributed by atoms with Crippen molar-refractivity contribution in [3.05, 3.63) is 29.3 Å². The van der Waals surface area contributed by atoms with Gasteiger partial charge in [-0.3, -0.25) is 0 Å². The summed E-state index contributed by atoms with van der Waals surface area (Å²) < 4.78 is 5.55. The summed E-state index contributed by atoms with van der Waals surface area (Å²) >= 11 is 5.86. The van der Waals surface area contributed by atoms with Crippen molar-refractivity contribution in [3.63, 3.8) is 0 Å². The molecule has 2 nitrogen and oxygen atoms in total. The molecule has 1 atom stereocenters. The first-order valence-electron chi connectivity index (χ1n) is 5.33. The first-order chi connectivity index (χ1) is 7.22. The predicted molar refractivity (Wildman–Crippen MR) is 65.6 cm³/mol. The van der Waals surface area contributed by atoms with Gasteiger partial charge in [-0.05, 0) is 31.5 Å². The number of hydrogen-bond acceptors (Lipinski definition) is 2. The van der Waals surface area contributed by atoms with Crippen LogP contribution in [0.1, 0.15) is 20.3 Å². The number of ether oxygens (including phenoxy) is 1. The van der Waals surface area contributed by atoms with E-state index in [1.807, 2.05) is 24.3 Å². The average molecular weight is 228 g/mol. The van der Waals surface area contributed by atoms with Crippen LogP contribution in [0, 0.1) is 0 Å². The van der Waals surface area contributed by atoms with E-state index in [4.69, 9.17) is 16.3 Å². The van der Waals surface area contributed by atoms with E-state index in [1.54, 1.807) is 0 Å². The molecule has 0 saturated heterocycles. The molecule has 0 aliphatic heterocycles. The number of nitrogens with one attached hydrogen (secondary N) is 1. The Morgan fingerprint density at radius 3 is 2.93 bits per heavy atom. The smallest absolute Gasteiger partial charge is 0.0642 e. The van der Waals surface area contributed by atoms with Gasteiger partial charge in [0.1, 0.15) is 0 Å². The van der Waals surface area contributed by atoms with Gasteiger partial charge in [0.15, 0.2) is 0 Å². The van der Waals surface area contributed by atoms with Crippen molar-refractivity contribution in [2.75, 3.05) is 18.5 Å². The molecule has 1 rings (SSSR count). The van der Waals surface area contributed by atoms with E-state index in [1.165, 1.54) is 0 Å². The molecule has 1 aromatic carbocycles. The molecule has 3 heteroatoms. The second kappa shape index (κ2) is 6.70. The zero-order valence-corrected chi connectivity index (χ0v) is 10.1. The molecule has 0 spiro atoms. The van der Waals surface area contributed by atoms with E-state index in [-0.39, 0.29) is 0 Å². The van der Waals surface area contributed by atoms with Crippen molar-refractivity contribution in [1.29, 1.82) is 0 Å². The highest BCUT2D eigenvalue weighted by Crippen LogP contribution is 2.14. The van der Waals surface area contributed by atoms with Gasteiger partial charge in [-0.2, -0.15) is 0 Å². The van der Waals surface area contributed by atoms with Gasteiger partial charge in [0.2, 0.25) is 0 Å². The van der Waals surface area contributed by atoms with Crippen molar-refractivity contribution >= 4 is 17.3 Å². The van der Waals surface area contributed by atoms with Crippen LogP contribution in [0.3, 0.4) is 0 Å². The Kier molecular flexibility index (Phi) is 5.51. The summed E-state index contributed by atoms with van der Waals surface area (Å²) in [6.45, 7) is 5.74. The summed E-state index contributed by atoms with van der Waals surface area (Å²) in [5, 5.41) is 4.01. The molecule has 0 fully saturated rings. The number of halogens is 1. The fourth-order valence-electron chi connectivity index (χ4n) is 1.17. The zero-order chi connectivity index (χ0) is 11.1. The first kappa shape index (κ1) is 12.3. The number of anilines is 1. The highest BCUT2D eigenvalue weighted by molar-refractivity contribution is 6.30. The lowest BCUT2D eigenvalue weighted by molar-refractivity contribution is 0.0713. The molecule has 0 heterocycles. The van der Waals surface area contributed by atoms with E-state index in [0.717, 1.165) is 30.3 Å². The number of rotatable bonds is 6. The Balaban J connectivity index is 2.20. The molecular weight excluding hydrogens is 210 g/mol. The molecule has 1 aromatic rings. The van der Waals surface area contributed by atoms with Gasteiger partial charge in [-0.25, -0.2) is 0 Å². The van der Waals surface area contributed by atoms with E-state index in [9.17, 15) is 0 Å². The maximum Gasteiger partial charge on any atom is 0.0642 e. The highest BCUT2D eigenvalue weighted by Gasteiger charge is 1.97. The summed E-state index contributed by atoms with van der Waals surface area (Å²) in [6.07, 6.45) is 1.39. The molecule has 0 aromatic heterocycles. The topological polar surface area (TPSA) is 21.3 Å². The molecule has 1 unspecified atom stereocenters. The fraction of sp³-hybridized carbons (Fsp3) is 0.500. The number of benzene rings is 1. The minimum absolute atomic E-state index is 0.339. The molecule has 0 bridgehead atoms. The lowest BCUT2D eigenvalue weighted by Crippen LogP contribution is -2.14. The van der Waals surface area contributed by atoms with Gasteiger partial charge in [0.05, 0.1) is 12.7 Å². The van der Waals surface area contributed by atoms with Crippen LogP contribution in [-0.2, 0) is 4.74 Å². The maximum absolute atomic E-state index is 5.86. The Labute approximate surface area is 96.6 Å². The molecule has 0 amide bonds. The normalized spacial score (nSPS) is 12.5. The monoisotopic (exact) mass is 227 g/mol. The maximum atomic E-state index is 5.86. The number of hydrogen-bond donors (Lipinski definition) is 1. The van der Waals surface area contributed by atoms with Crippen LogP contribution in [0.15, 0.2) is 24.3 Å². The van der Waals surface area contributed by atoms with Crippen molar-refractivity contribution in [1.82, 2.24) is 0 Å². The van der Waals surface area contributed by atoms with Crippen molar-refractivity contribution < 1.29 is 4.74 Å². The zero-order valence-electron chi connectivity index (χ0n) is 9.29. The van der Waals surface area contributed by atoms with Crippen LogP contribution >= 0.6 is 11.6 Å². The van der Waals surface area contributed by atoms with Crippen LogP contribution < -0.4 is 5.32 Å². The fourth-order valence-corrected chi connectivity index (χ4v) is 1.36. The molecular formula is C12H18ClNO. The lowest BCUT2D eigenvalue weighted by atomic mass is 10.3. The molecule has 84 valence electrons. The van der Waals surface area contributed by atoms with Gasteiger partial charge in [-0.15, -0.1) is 0 Å². The second-order valence-corrected chi connectivity index (χ2v) is 3.96.